The van der Waals surface area contributed by atoms with Crippen molar-refractivity contribution in [2.75, 3.05) is 32.2 Å². The molecule has 2 aromatic rings. The highest BCUT2D eigenvalue weighted by Crippen LogP contribution is 2.33. The molecular weight excluding hydrogens is 471 g/mol. The number of carbonyl (C=O) groups is 4. The van der Waals surface area contributed by atoms with Crippen molar-refractivity contribution in [1.82, 2.24) is 0 Å². The molecule has 12 heteroatoms. The summed E-state index contributed by atoms with van der Waals surface area (Å²) in [6, 6.07) is 4.22. The number of ether oxygens (including phenoxy) is 3. The molecule has 0 fully saturated rings. The summed E-state index contributed by atoms with van der Waals surface area (Å²) in [6.07, 6.45) is 0. The van der Waals surface area contributed by atoms with Crippen molar-refractivity contribution in [1.29, 1.82) is 0 Å². The minimum atomic E-state index is -0.859. The Kier molecular flexibility index (Phi) is 8.81. The fraction of sp³-hybridized carbons (Fsp3) is 0.263. The molecule has 1 aromatic carbocycles. The SMILES string of the molecule is COCCOC(=O)c1c(NC(=O)COC(=O)c2cc(Cl)ccc2Cl)sc(C(N)=O)c1C. The molecule has 2 amide bonds. The number of halogens is 2. The highest BCUT2D eigenvalue weighted by molar-refractivity contribution is 7.18. The van der Waals surface area contributed by atoms with Crippen LogP contribution in [-0.4, -0.2) is 50.7 Å². The Labute approximate surface area is 191 Å². The molecule has 1 aromatic heterocycles. The molecule has 1 heterocycles. The van der Waals surface area contributed by atoms with Crippen molar-refractivity contribution in [2.45, 2.75) is 6.92 Å². The average Bonchev–Trinajstić information content (AvgIpc) is 3.04. The van der Waals surface area contributed by atoms with Gasteiger partial charge < -0.3 is 25.3 Å². The highest BCUT2D eigenvalue weighted by Gasteiger charge is 2.26. The van der Waals surface area contributed by atoms with Gasteiger partial charge in [0, 0.05) is 12.1 Å². The van der Waals surface area contributed by atoms with Crippen molar-refractivity contribution in [3.63, 3.8) is 0 Å². The predicted octanol–water partition coefficient (Wildman–Crippen LogP) is 3.06. The molecular formula is C19H18Cl2N2O7S. The van der Waals surface area contributed by atoms with Gasteiger partial charge >= 0.3 is 11.9 Å². The first kappa shape index (κ1) is 24.6. The number of thiophene rings is 1. The first-order valence-corrected chi connectivity index (χ1v) is 10.2. The van der Waals surface area contributed by atoms with Crippen LogP contribution in [0.1, 0.15) is 36.0 Å². The Balaban J connectivity index is 2.13. The topological polar surface area (TPSA) is 134 Å². The number of hydrogen-bond acceptors (Lipinski definition) is 8. The Morgan fingerprint density at radius 2 is 1.81 bits per heavy atom. The number of primary amides is 1. The van der Waals surface area contributed by atoms with E-state index in [0.29, 0.717) is 0 Å². The second-order valence-electron chi connectivity index (χ2n) is 6.00. The molecule has 0 spiro atoms. The van der Waals surface area contributed by atoms with Crippen LogP contribution in [0.5, 0.6) is 0 Å². The highest BCUT2D eigenvalue weighted by atomic mass is 35.5. The number of methoxy groups -OCH3 is 1. The number of nitrogens with one attached hydrogen (secondary N) is 1. The molecule has 0 saturated carbocycles. The van der Waals surface area contributed by atoms with E-state index in [2.05, 4.69) is 5.32 Å². The van der Waals surface area contributed by atoms with Crippen LogP contribution in [0.2, 0.25) is 10.0 Å². The van der Waals surface area contributed by atoms with Crippen molar-refractivity contribution >= 4 is 63.3 Å². The Morgan fingerprint density at radius 1 is 1.10 bits per heavy atom. The summed E-state index contributed by atoms with van der Waals surface area (Å²) in [5, 5.41) is 2.85. The maximum absolute atomic E-state index is 12.4. The first-order chi connectivity index (χ1) is 14.6. The van der Waals surface area contributed by atoms with Crippen molar-refractivity contribution in [3.8, 4) is 0 Å². The summed E-state index contributed by atoms with van der Waals surface area (Å²) >= 11 is 12.6. The third-order valence-corrected chi connectivity index (χ3v) is 5.62. The second-order valence-corrected chi connectivity index (χ2v) is 7.87. The van der Waals surface area contributed by atoms with Crippen LogP contribution in [0.15, 0.2) is 18.2 Å². The van der Waals surface area contributed by atoms with Crippen LogP contribution >= 0.6 is 34.5 Å². The van der Waals surface area contributed by atoms with Gasteiger partial charge in [0.15, 0.2) is 6.61 Å². The van der Waals surface area contributed by atoms with E-state index >= 15 is 0 Å². The smallest absolute Gasteiger partial charge is 0.341 e. The van der Waals surface area contributed by atoms with Crippen LogP contribution in [-0.2, 0) is 19.0 Å². The number of anilines is 1. The van der Waals surface area contributed by atoms with Gasteiger partial charge in [-0.05, 0) is 30.7 Å². The zero-order valence-electron chi connectivity index (χ0n) is 16.5. The standard InChI is InChI=1S/C19H18Cl2N2O7S/c1-9-14(19(27)29-6-5-28-2)17(31-15(9)16(22)25)23-13(24)8-30-18(26)11-7-10(20)3-4-12(11)21/h3-4,7H,5-6,8H2,1-2H3,(H2,22,25)(H,23,24). The molecule has 0 aliphatic heterocycles. The van der Waals surface area contributed by atoms with E-state index in [1.807, 2.05) is 0 Å². The molecule has 3 N–H and O–H groups in total. The molecule has 0 bridgehead atoms. The lowest BCUT2D eigenvalue weighted by Gasteiger charge is -2.09. The molecule has 31 heavy (non-hydrogen) atoms. The van der Waals surface area contributed by atoms with Crippen LogP contribution in [0.25, 0.3) is 0 Å². The van der Waals surface area contributed by atoms with Crippen LogP contribution in [0, 0.1) is 6.92 Å². The second kappa shape index (κ2) is 11.1. The molecule has 0 aliphatic carbocycles. The lowest BCUT2D eigenvalue weighted by molar-refractivity contribution is -0.119. The Hall–Kier alpha value is -2.66. The van der Waals surface area contributed by atoms with Gasteiger partial charge in [-0.1, -0.05) is 23.2 Å². The van der Waals surface area contributed by atoms with Gasteiger partial charge in [0.1, 0.15) is 11.6 Å². The van der Waals surface area contributed by atoms with Crippen LogP contribution in [0.3, 0.4) is 0 Å². The van der Waals surface area contributed by atoms with Gasteiger partial charge in [0.2, 0.25) is 0 Å². The van der Waals surface area contributed by atoms with Crippen LogP contribution in [0.4, 0.5) is 5.00 Å². The zero-order chi connectivity index (χ0) is 23.1. The molecule has 0 radical (unpaired) electrons. The fourth-order valence-corrected chi connectivity index (χ4v) is 3.83. The zero-order valence-corrected chi connectivity index (χ0v) is 18.8. The number of rotatable bonds is 9. The van der Waals surface area contributed by atoms with Gasteiger partial charge in [-0.25, -0.2) is 9.59 Å². The number of hydrogen-bond donors (Lipinski definition) is 2. The van der Waals surface area contributed by atoms with Crippen molar-refractivity contribution in [2.24, 2.45) is 5.73 Å². The number of benzene rings is 1. The van der Waals surface area contributed by atoms with E-state index in [9.17, 15) is 19.2 Å². The molecule has 0 aliphatic rings. The Morgan fingerprint density at radius 3 is 2.45 bits per heavy atom. The van der Waals surface area contributed by atoms with Crippen LogP contribution < -0.4 is 11.1 Å². The quantitative estimate of drug-likeness (QED) is 0.409. The summed E-state index contributed by atoms with van der Waals surface area (Å²) < 4.78 is 14.8. The summed E-state index contributed by atoms with van der Waals surface area (Å²) in [5.41, 5.74) is 5.57. The average molecular weight is 489 g/mol. The largest absolute Gasteiger partial charge is 0.460 e. The van der Waals surface area contributed by atoms with E-state index < -0.39 is 30.4 Å². The molecule has 0 atom stereocenters. The third kappa shape index (κ3) is 6.41. The summed E-state index contributed by atoms with van der Waals surface area (Å²) in [6.45, 7) is 0.965. The maximum Gasteiger partial charge on any atom is 0.341 e. The molecule has 0 saturated heterocycles. The van der Waals surface area contributed by atoms with Gasteiger partial charge in [-0.3, -0.25) is 9.59 Å². The minimum absolute atomic E-state index is 0.00707. The van der Waals surface area contributed by atoms with E-state index in [4.69, 9.17) is 43.1 Å². The fourth-order valence-electron chi connectivity index (χ4n) is 2.40. The van der Waals surface area contributed by atoms with Gasteiger partial charge in [-0.15, -0.1) is 11.3 Å². The summed E-state index contributed by atoms with van der Waals surface area (Å²) in [5.74, 6) is -3.15. The predicted molar refractivity (Wildman–Crippen MR) is 115 cm³/mol. The van der Waals surface area contributed by atoms with Crippen molar-refractivity contribution in [3.05, 3.63) is 49.8 Å². The normalized spacial score (nSPS) is 10.5. The summed E-state index contributed by atoms with van der Waals surface area (Å²) in [7, 11) is 1.44. The molecule has 166 valence electrons. The first-order valence-electron chi connectivity index (χ1n) is 8.67. The lowest BCUT2D eigenvalue weighted by Crippen LogP contribution is -2.22. The van der Waals surface area contributed by atoms with Gasteiger partial charge in [0.05, 0.1) is 27.6 Å². The number of carbonyl (C=O) groups excluding carboxylic acids is 4. The molecule has 2 rings (SSSR count). The number of nitrogens with two attached hydrogens (primary N) is 1. The lowest BCUT2D eigenvalue weighted by atomic mass is 10.1. The minimum Gasteiger partial charge on any atom is -0.460 e. The molecule has 9 nitrogen and oxygen atoms in total. The molecule has 0 unspecified atom stereocenters. The monoisotopic (exact) mass is 488 g/mol. The number of esters is 2. The van der Waals surface area contributed by atoms with E-state index in [-0.39, 0.29) is 49.8 Å². The Bertz CT molecular complexity index is 1020. The van der Waals surface area contributed by atoms with E-state index in [1.54, 1.807) is 0 Å². The van der Waals surface area contributed by atoms with Gasteiger partial charge in [-0.2, -0.15) is 0 Å². The van der Waals surface area contributed by atoms with Crippen molar-refractivity contribution < 1.29 is 33.4 Å². The van der Waals surface area contributed by atoms with E-state index in [1.165, 1.54) is 32.2 Å². The third-order valence-electron chi connectivity index (χ3n) is 3.83. The van der Waals surface area contributed by atoms with E-state index in [0.717, 1.165) is 11.3 Å². The van der Waals surface area contributed by atoms with Gasteiger partial charge in [0.25, 0.3) is 11.8 Å². The number of amides is 2. The summed E-state index contributed by atoms with van der Waals surface area (Å²) in [4.78, 5) is 48.6. The maximum atomic E-state index is 12.4.